The Morgan fingerprint density at radius 3 is 2.39 bits per heavy atom. The van der Waals surface area contributed by atoms with Gasteiger partial charge in [-0.25, -0.2) is 0 Å². The minimum Gasteiger partial charge on any atom is -0.496 e. The molecule has 1 aliphatic rings. The van der Waals surface area contributed by atoms with Crippen molar-refractivity contribution in [2.45, 2.75) is 52.5 Å². The lowest BCUT2D eigenvalue weighted by Gasteiger charge is -2.28. The number of nitrogens with zero attached hydrogens (tertiary/aromatic N) is 2. The molecule has 2 N–H and O–H groups in total. The zero-order valence-corrected chi connectivity index (χ0v) is 23.0. The fraction of sp³-hybridized carbons (Fsp3) is 0.500. The number of nitrogens with one attached hydrogen (secondary N) is 2. The summed E-state index contributed by atoms with van der Waals surface area (Å²) in [7, 11) is 4.41. The van der Waals surface area contributed by atoms with Crippen molar-refractivity contribution in [1.29, 1.82) is 0 Å². The Morgan fingerprint density at radius 1 is 1.13 bits per heavy atom. The fourth-order valence-corrected chi connectivity index (χ4v) is 4.71. The van der Waals surface area contributed by atoms with Crippen LogP contribution in [0.3, 0.4) is 0 Å². The molecule has 0 bridgehead atoms. The SMILES string of the molecule is COC(=O)CNC(=O)/C(=C\C(C)C)NC(=O)c1cc(-c2c(OC)cccc2OC)n(C2CCCC(C)C2)n1. The fourth-order valence-electron chi connectivity index (χ4n) is 4.71. The number of esters is 1. The van der Waals surface area contributed by atoms with E-state index in [1.165, 1.54) is 7.11 Å². The van der Waals surface area contributed by atoms with Gasteiger partial charge in [-0.15, -0.1) is 0 Å². The minimum absolute atomic E-state index is 0.0335. The van der Waals surface area contributed by atoms with Crippen LogP contribution in [0, 0.1) is 11.8 Å². The second-order valence-electron chi connectivity index (χ2n) is 9.86. The molecule has 2 aromatic rings. The van der Waals surface area contributed by atoms with E-state index in [0.29, 0.717) is 28.7 Å². The molecule has 2 atom stereocenters. The molecular weight excluding hydrogens is 488 g/mol. The summed E-state index contributed by atoms with van der Waals surface area (Å²) in [6, 6.07) is 7.32. The van der Waals surface area contributed by atoms with Crippen LogP contribution in [-0.4, -0.2) is 55.4 Å². The number of benzene rings is 1. The molecule has 3 rings (SSSR count). The average Bonchev–Trinajstić information content (AvgIpc) is 3.35. The molecule has 1 heterocycles. The third kappa shape index (κ3) is 6.93. The minimum atomic E-state index is -0.593. The van der Waals surface area contributed by atoms with E-state index in [1.54, 1.807) is 26.4 Å². The van der Waals surface area contributed by atoms with Crippen molar-refractivity contribution >= 4 is 17.8 Å². The molecule has 2 unspecified atom stereocenters. The summed E-state index contributed by atoms with van der Waals surface area (Å²) in [5, 5.41) is 9.89. The number of rotatable bonds is 10. The predicted octanol–water partition coefficient (Wildman–Crippen LogP) is 3.88. The zero-order valence-electron chi connectivity index (χ0n) is 23.0. The van der Waals surface area contributed by atoms with Gasteiger partial charge in [0, 0.05) is 0 Å². The van der Waals surface area contributed by atoms with E-state index < -0.39 is 17.8 Å². The van der Waals surface area contributed by atoms with E-state index in [1.807, 2.05) is 36.7 Å². The van der Waals surface area contributed by atoms with Crippen LogP contribution in [0.25, 0.3) is 11.3 Å². The Morgan fingerprint density at radius 2 is 1.82 bits per heavy atom. The maximum absolute atomic E-state index is 13.4. The van der Waals surface area contributed by atoms with Crippen molar-refractivity contribution < 1.29 is 28.6 Å². The molecule has 1 aromatic carbocycles. The Kier molecular flexibility index (Phi) is 9.92. The van der Waals surface area contributed by atoms with Gasteiger partial charge >= 0.3 is 5.97 Å². The largest absolute Gasteiger partial charge is 0.496 e. The van der Waals surface area contributed by atoms with Gasteiger partial charge in [0.2, 0.25) is 0 Å². The van der Waals surface area contributed by atoms with Crippen LogP contribution < -0.4 is 20.1 Å². The van der Waals surface area contributed by atoms with Gasteiger partial charge in [0.15, 0.2) is 5.69 Å². The first-order valence-corrected chi connectivity index (χ1v) is 12.9. The molecule has 10 nitrogen and oxygen atoms in total. The summed E-state index contributed by atoms with van der Waals surface area (Å²) in [5.41, 5.74) is 1.59. The Balaban J connectivity index is 2.01. The number of hydrogen-bond donors (Lipinski definition) is 2. The number of allylic oxidation sites excluding steroid dienone is 1. The number of carbonyl (C=O) groups is 3. The van der Waals surface area contributed by atoms with Gasteiger partial charge in [-0.2, -0.15) is 5.10 Å². The first-order valence-electron chi connectivity index (χ1n) is 12.9. The molecule has 0 saturated heterocycles. The van der Waals surface area contributed by atoms with Crippen LogP contribution in [0.1, 0.15) is 63.0 Å². The quantitative estimate of drug-likeness (QED) is 0.356. The molecule has 0 aliphatic heterocycles. The number of aromatic nitrogens is 2. The normalized spacial score (nSPS) is 17.6. The summed E-state index contributed by atoms with van der Waals surface area (Å²) in [6.07, 6.45) is 5.71. The monoisotopic (exact) mass is 526 g/mol. The first kappa shape index (κ1) is 28.7. The molecule has 1 saturated carbocycles. The summed E-state index contributed by atoms with van der Waals surface area (Å²) < 4.78 is 17.8. The van der Waals surface area contributed by atoms with E-state index in [9.17, 15) is 14.4 Å². The maximum atomic E-state index is 13.4. The Labute approximate surface area is 223 Å². The van der Waals surface area contributed by atoms with Crippen LogP contribution >= 0.6 is 0 Å². The molecule has 1 fully saturated rings. The van der Waals surface area contributed by atoms with Gasteiger partial charge in [-0.3, -0.25) is 19.1 Å². The van der Waals surface area contributed by atoms with Crippen LogP contribution in [0.15, 0.2) is 36.0 Å². The van der Waals surface area contributed by atoms with Crippen molar-refractivity contribution in [3.63, 3.8) is 0 Å². The third-order valence-electron chi connectivity index (χ3n) is 6.52. The van der Waals surface area contributed by atoms with Crippen LogP contribution in [0.4, 0.5) is 0 Å². The van der Waals surface area contributed by atoms with E-state index in [-0.39, 0.29) is 29.9 Å². The number of carbonyl (C=O) groups excluding carboxylic acids is 3. The van der Waals surface area contributed by atoms with E-state index in [2.05, 4.69) is 22.3 Å². The third-order valence-corrected chi connectivity index (χ3v) is 6.52. The highest BCUT2D eigenvalue weighted by Crippen LogP contribution is 2.42. The zero-order chi connectivity index (χ0) is 27.8. The molecule has 38 heavy (non-hydrogen) atoms. The number of amides is 2. The molecule has 0 radical (unpaired) electrons. The molecule has 1 aliphatic carbocycles. The van der Waals surface area contributed by atoms with Crippen molar-refractivity contribution in [1.82, 2.24) is 20.4 Å². The highest BCUT2D eigenvalue weighted by molar-refractivity contribution is 6.03. The second-order valence-corrected chi connectivity index (χ2v) is 9.86. The van der Waals surface area contributed by atoms with Crippen molar-refractivity contribution in [2.24, 2.45) is 11.8 Å². The highest BCUT2D eigenvalue weighted by atomic mass is 16.5. The van der Waals surface area contributed by atoms with Crippen LogP contribution in [-0.2, 0) is 14.3 Å². The standard InChI is InChI=1S/C28H38N4O6/c1-17(2)13-20(27(34)29-16-25(33)38-6)30-28(35)21-15-22(26-23(36-4)11-8-12-24(26)37-5)32(31-21)19-10-7-9-18(3)14-19/h8,11-13,15,17-19H,7,9-10,14,16H2,1-6H3,(H,29,34)(H,30,35)/b20-13+. The molecule has 1 aromatic heterocycles. The molecular formula is C28H38N4O6. The Hall–Kier alpha value is -3.82. The molecule has 0 spiro atoms. The van der Waals surface area contributed by atoms with Gasteiger partial charge in [-0.1, -0.05) is 45.8 Å². The van der Waals surface area contributed by atoms with Crippen molar-refractivity contribution in [3.8, 4) is 22.8 Å². The van der Waals surface area contributed by atoms with Crippen LogP contribution in [0.2, 0.25) is 0 Å². The van der Waals surface area contributed by atoms with Crippen molar-refractivity contribution in [2.75, 3.05) is 27.9 Å². The number of ether oxygens (including phenoxy) is 3. The molecule has 206 valence electrons. The van der Waals surface area contributed by atoms with Gasteiger partial charge < -0.3 is 24.8 Å². The summed E-state index contributed by atoms with van der Waals surface area (Å²) in [5.74, 6) is -0.0322. The molecule has 2 amide bonds. The van der Waals surface area contributed by atoms with Gasteiger partial charge in [0.05, 0.1) is 38.6 Å². The summed E-state index contributed by atoms with van der Waals surface area (Å²) >= 11 is 0. The Bertz CT molecular complexity index is 1160. The summed E-state index contributed by atoms with van der Waals surface area (Å²) in [6.45, 7) is 5.67. The smallest absolute Gasteiger partial charge is 0.325 e. The lowest BCUT2D eigenvalue weighted by molar-refractivity contribution is -0.140. The van der Waals surface area contributed by atoms with Crippen molar-refractivity contribution in [3.05, 3.63) is 41.7 Å². The predicted molar refractivity (Wildman–Crippen MR) is 143 cm³/mol. The second kappa shape index (κ2) is 13.1. The topological polar surface area (TPSA) is 121 Å². The van der Waals surface area contributed by atoms with E-state index in [0.717, 1.165) is 25.7 Å². The average molecular weight is 527 g/mol. The number of methoxy groups -OCH3 is 3. The number of hydrogen-bond acceptors (Lipinski definition) is 7. The van der Waals surface area contributed by atoms with Gasteiger partial charge in [0.25, 0.3) is 11.8 Å². The maximum Gasteiger partial charge on any atom is 0.325 e. The van der Waals surface area contributed by atoms with Gasteiger partial charge in [0.1, 0.15) is 23.7 Å². The molecule has 10 heteroatoms. The van der Waals surface area contributed by atoms with E-state index in [4.69, 9.17) is 14.6 Å². The lowest BCUT2D eigenvalue weighted by Crippen LogP contribution is -2.38. The highest BCUT2D eigenvalue weighted by Gasteiger charge is 2.28. The first-order chi connectivity index (χ1) is 18.2. The van der Waals surface area contributed by atoms with E-state index >= 15 is 0 Å². The summed E-state index contributed by atoms with van der Waals surface area (Å²) in [4.78, 5) is 37.7. The van der Waals surface area contributed by atoms with Crippen LogP contribution in [0.5, 0.6) is 11.5 Å². The lowest BCUT2D eigenvalue weighted by atomic mass is 9.87. The van der Waals surface area contributed by atoms with Gasteiger partial charge in [-0.05, 0) is 42.9 Å².